The van der Waals surface area contributed by atoms with Gasteiger partial charge in [0.25, 0.3) is 0 Å². The molecule has 14 heteroatoms. The highest BCUT2D eigenvalue weighted by molar-refractivity contribution is 7.99. The number of aliphatic hydroxyl groups excluding tert-OH is 1. The van der Waals surface area contributed by atoms with Gasteiger partial charge in [-0.2, -0.15) is 0 Å². The number of nitrogens with zero attached hydrogens (tertiary/aromatic N) is 3. The Balaban J connectivity index is 1.31. The Kier molecular flexibility index (Phi) is 10.9. The first-order valence-electron chi connectivity index (χ1n) is 21.9. The van der Waals surface area contributed by atoms with Gasteiger partial charge in [0.15, 0.2) is 13.4 Å². The van der Waals surface area contributed by atoms with Gasteiger partial charge in [-0.3, -0.25) is 19.4 Å². The number of carbonyl (C=O) groups is 3. The minimum atomic E-state index is -2.27. The summed E-state index contributed by atoms with van der Waals surface area (Å²) in [6.45, 7) is 9.28. The standard InChI is InChI=1S/C47H59BN3O9S/c1-8-28-19-29-23-46(42(54)58-6,38-32(26-50(24-28)25-29)31-20-30(61-18-17-52)11-12-35(31)48-38)34-21-33-36(22-37(34)57-5)49(4)40-45(33)14-16-51-15-10-13-44(9-2,39(45)51)41(60-27(3)53)47(40,56)43(55)59-7/h10-13,19-22,29,34,37,39-41,52,56H,8-9,14-18,23-26H2,1-7H3/t29-,34?,37?,39+,40-,41-,44-,45-,46+,47+/m1/s1. The van der Waals surface area contributed by atoms with Crippen molar-refractivity contribution in [1.82, 2.24) is 14.7 Å². The predicted octanol–water partition coefficient (Wildman–Crippen LogP) is 3.30. The van der Waals surface area contributed by atoms with Crippen molar-refractivity contribution in [3.63, 3.8) is 0 Å². The highest BCUT2D eigenvalue weighted by Crippen LogP contribution is 2.70. The molecule has 325 valence electrons. The number of fused-ring (bicyclic) bond motifs is 5. The number of esters is 3. The first kappa shape index (κ1) is 42.6. The van der Waals surface area contributed by atoms with Gasteiger partial charge in [0.2, 0.25) is 5.60 Å². The van der Waals surface area contributed by atoms with Crippen molar-refractivity contribution in [2.75, 3.05) is 73.5 Å². The van der Waals surface area contributed by atoms with Crippen LogP contribution >= 0.6 is 11.8 Å². The van der Waals surface area contributed by atoms with E-state index in [0.29, 0.717) is 44.6 Å². The lowest BCUT2D eigenvalue weighted by atomic mass is 9.46. The van der Waals surface area contributed by atoms with E-state index in [1.165, 1.54) is 26.7 Å². The van der Waals surface area contributed by atoms with E-state index in [1.54, 1.807) is 18.9 Å². The second-order valence-electron chi connectivity index (χ2n) is 18.4. The van der Waals surface area contributed by atoms with Crippen LogP contribution in [0.2, 0.25) is 0 Å². The molecule has 1 radical (unpaired) electrons. The van der Waals surface area contributed by atoms with E-state index < -0.39 is 58.0 Å². The molecule has 9 rings (SSSR count). The summed E-state index contributed by atoms with van der Waals surface area (Å²) in [5, 5.41) is 23.1. The molecule has 6 heterocycles. The molecule has 1 aromatic carbocycles. The second kappa shape index (κ2) is 15.6. The van der Waals surface area contributed by atoms with Gasteiger partial charge in [0, 0.05) is 86.4 Å². The fraction of sp³-hybridized carbons (Fsp3) is 0.596. The number of methoxy groups -OCH3 is 3. The average molecular weight is 853 g/mol. The predicted molar refractivity (Wildman–Crippen MR) is 233 cm³/mol. The maximum Gasteiger partial charge on any atom is 0.344 e. The van der Waals surface area contributed by atoms with Crippen LogP contribution in [0.25, 0.3) is 5.57 Å². The third kappa shape index (κ3) is 5.87. The zero-order valence-corrected chi connectivity index (χ0v) is 37.3. The maximum absolute atomic E-state index is 15.4. The second-order valence-corrected chi connectivity index (χ2v) is 19.5. The summed E-state index contributed by atoms with van der Waals surface area (Å²) in [7, 11) is 8.54. The number of likely N-dealkylation sites (tertiary alicyclic amines) is 1. The van der Waals surface area contributed by atoms with Crippen LogP contribution in [-0.4, -0.2) is 153 Å². The molecule has 1 saturated carbocycles. The van der Waals surface area contributed by atoms with Crippen molar-refractivity contribution >= 4 is 48.0 Å². The lowest BCUT2D eigenvalue weighted by Crippen LogP contribution is -2.79. The smallest absolute Gasteiger partial charge is 0.344 e. The van der Waals surface area contributed by atoms with Crippen molar-refractivity contribution in [3.8, 4) is 0 Å². The van der Waals surface area contributed by atoms with E-state index in [9.17, 15) is 19.8 Å². The van der Waals surface area contributed by atoms with Crippen LogP contribution in [-0.2, 0) is 33.3 Å². The van der Waals surface area contributed by atoms with Crippen molar-refractivity contribution in [3.05, 3.63) is 76.5 Å². The molecule has 1 spiro atoms. The van der Waals surface area contributed by atoms with E-state index in [4.69, 9.17) is 18.9 Å². The Morgan fingerprint density at radius 2 is 1.82 bits per heavy atom. The highest BCUT2D eigenvalue weighted by atomic mass is 32.2. The first-order valence-corrected chi connectivity index (χ1v) is 22.9. The molecular weight excluding hydrogens is 793 g/mol. The van der Waals surface area contributed by atoms with Crippen LogP contribution in [0, 0.1) is 28.1 Å². The van der Waals surface area contributed by atoms with Crippen molar-refractivity contribution < 1.29 is 43.5 Å². The number of hydrogen-bond donors (Lipinski definition) is 2. The summed E-state index contributed by atoms with van der Waals surface area (Å²) in [5.41, 5.74) is 1.99. The molecule has 1 aromatic rings. The van der Waals surface area contributed by atoms with Gasteiger partial charge in [0.1, 0.15) is 0 Å². The minimum absolute atomic E-state index is 0.0462. The Morgan fingerprint density at radius 3 is 2.51 bits per heavy atom. The van der Waals surface area contributed by atoms with Crippen LogP contribution < -0.4 is 5.46 Å². The molecule has 12 nitrogen and oxygen atoms in total. The Bertz CT molecular complexity index is 2190. The molecular formula is C47H59BN3O9S. The third-order valence-electron chi connectivity index (χ3n) is 15.7. The molecule has 11 atom stereocenters. The quantitative estimate of drug-likeness (QED) is 0.117. The number of aliphatic hydroxyl groups is 2. The zero-order chi connectivity index (χ0) is 43.2. The lowest BCUT2D eigenvalue weighted by molar-refractivity contribution is -0.243. The number of carbonyl (C=O) groups excluding carboxylic acids is 3. The van der Waals surface area contributed by atoms with E-state index in [-0.39, 0.29) is 24.5 Å². The summed E-state index contributed by atoms with van der Waals surface area (Å²) in [4.78, 5) is 50.9. The number of likely N-dealkylation sites (N-methyl/N-ethyl adjacent to an activating group) is 1. The van der Waals surface area contributed by atoms with Crippen LogP contribution in [0.15, 0.2) is 75.8 Å². The Labute approximate surface area is 364 Å². The molecule has 0 aromatic heterocycles. The zero-order valence-electron chi connectivity index (χ0n) is 36.4. The normalized spacial score (nSPS) is 38.0. The summed E-state index contributed by atoms with van der Waals surface area (Å²) in [6, 6.07) is 5.28. The molecule has 2 aliphatic carbocycles. The summed E-state index contributed by atoms with van der Waals surface area (Å²) in [5.74, 6) is -1.70. The number of thioether (sulfide) groups is 1. The van der Waals surface area contributed by atoms with E-state index in [1.807, 2.05) is 18.9 Å². The monoisotopic (exact) mass is 852 g/mol. The van der Waals surface area contributed by atoms with Crippen molar-refractivity contribution in [1.29, 1.82) is 0 Å². The van der Waals surface area contributed by atoms with Gasteiger partial charge in [0.05, 0.1) is 38.4 Å². The summed E-state index contributed by atoms with van der Waals surface area (Å²) >= 11 is 1.61. The van der Waals surface area contributed by atoms with E-state index >= 15 is 4.79 Å². The number of ether oxygens (including phenoxy) is 4. The van der Waals surface area contributed by atoms with Crippen LogP contribution in [0.1, 0.15) is 52.0 Å². The molecule has 8 aliphatic rings. The number of benzene rings is 1. The van der Waals surface area contributed by atoms with Crippen LogP contribution in [0.4, 0.5) is 0 Å². The molecule has 2 saturated heterocycles. The number of rotatable bonds is 10. The van der Waals surface area contributed by atoms with Gasteiger partial charge in [-0.05, 0) is 73.1 Å². The Morgan fingerprint density at radius 1 is 1.03 bits per heavy atom. The fourth-order valence-electron chi connectivity index (χ4n) is 13.7. The Hall–Kier alpha value is -3.66. The maximum atomic E-state index is 15.4. The SMILES string of the molecule is CCC1=C[C@H]2CN(C1)CC1=C([B]c3ccc(SCCO)cc31)[C@@](C(=O)OC)(C1C=C3C(=CC1OC)N(C)[C@H]1[C@@](O)(C(=O)OC)[C@H](OC(C)=O)[C@]4(CC)C=CCN5CC[C@]31[C@@H]54)C2. The highest BCUT2D eigenvalue weighted by Gasteiger charge is 2.81. The summed E-state index contributed by atoms with van der Waals surface area (Å²) < 4.78 is 24.2. The van der Waals surface area contributed by atoms with Gasteiger partial charge in [-0.1, -0.05) is 60.7 Å². The van der Waals surface area contributed by atoms with Gasteiger partial charge < -0.3 is 34.1 Å². The van der Waals surface area contributed by atoms with E-state index in [2.05, 4.69) is 72.6 Å². The lowest BCUT2D eigenvalue weighted by Gasteiger charge is -2.63. The molecule has 6 aliphatic heterocycles. The molecule has 0 amide bonds. The largest absolute Gasteiger partial charge is 0.468 e. The van der Waals surface area contributed by atoms with Gasteiger partial charge in [-0.15, -0.1) is 11.8 Å². The fourth-order valence-corrected chi connectivity index (χ4v) is 14.4. The number of hydrogen-bond acceptors (Lipinski definition) is 13. The third-order valence-corrected chi connectivity index (χ3v) is 16.7. The van der Waals surface area contributed by atoms with Crippen LogP contribution in [0.3, 0.4) is 0 Å². The summed E-state index contributed by atoms with van der Waals surface area (Å²) in [6.07, 6.45) is 11.5. The topological polar surface area (TPSA) is 138 Å². The minimum Gasteiger partial charge on any atom is -0.468 e. The average Bonchev–Trinajstić information content (AvgIpc) is 3.91. The van der Waals surface area contributed by atoms with Crippen LogP contribution in [0.5, 0.6) is 0 Å². The van der Waals surface area contributed by atoms with Gasteiger partial charge >= 0.3 is 17.9 Å². The van der Waals surface area contributed by atoms with E-state index in [0.717, 1.165) is 57.7 Å². The van der Waals surface area contributed by atoms with Gasteiger partial charge in [-0.25, -0.2) is 4.79 Å². The molecule has 61 heavy (non-hydrogen) atoms. The van der Waals surface area contributed by atoms with Crippen molar-refractivity contribution in [2.45, 2.75) is 81.2 Å². The number of allylic oxidation sites excluding steroid dienone is 1. The van der Waals surface area contributed by atoms with Crippen molar-refractivity contribution in [2.24, 2.45) is 28.1 Å². The molecule has 3 fully saturated rings. The molecule has 2 bridgehead atoms. The molecule has 2 N–H and O–H groups in total. The molecule has 3 unspecified atom stereocenters. The first-order chi connectivity index (χ1) is 29.3.